The SMILES string of the molecule is CC(C)(O)CCCC1(C)C=Cc2c(O)cc(-c3cc4ccc(O)cc4o3)cc2O1. The quantitative estimate of drug-likeness (QED) is 0.523. The third-order valence-electron chi connectivity index (χ3n) is 5.32. The number of furan rings is 1. The van der Waals surface area contributed by atoms with E-state index in [2.05, 4.69) is 0 Å². The van der Waals surface area contributed by atoms with Crippen LogP contribution in [0.25, 0.3) is 28.4 Å². The number of phenols is 2. The highest BCUT2D eigenvalue weighted by atomic mass is 16.5. The van der Waals surface area contributed by atoms with Crippen molar-refractivity contribution in [2.45, 2.75) is 51.2 Å². The van der Waals surface area contributed by atoms with Gasteiger partial charge in [-0.1, -0.05) is 0 Å². The van der Waals surface area contributed by atoms with E-state index in [1.807, 2.05) is 31.2 Å². The molecule has 3 aromatic rings. The van der Waals surface area contributed by atoms with E-state index in [1.165, 1.54) is 0 Å². The van der Waals surface area contributed by atoms with Gasteiger partial charge in [-0.2, -0.15) is 0 Å². The lowest BCUT2D eigenvalue weighted by atomic mass is 9.91. The first kappa shape index (κ1) is 19.4. The lowest BCUT2D eigenvalue weighted by Crippen LogP contribution is -2.32. The van der Waals surface area contributed by atoms with E-state index < -0.39 is 11.2 Å². The molecule has 2 aromatic carbocycles. The van der Waals surface area contributed by atoms with Crippen LogP contribution in [0.5, 0.6) is 17.2 Å². The second-order valence-corrected chi connectivity index (χ2v) is 8.65. The van der Waals surface area contributed by atoms with Gasteiger partial charge in [-0.25, -0.2) is 0 Å². The van der Waals surface area contributed by atoms with Gasteiger partial charge in [0.25, 0.3) is 0 Å². The normalized spacial score (nSPS) is 18.6. The highest BCUT2D eigenvalue weighted by Crippen LogP contribution is 2.42. The molecule has 5 heteroatoms. The molecule has 5 nitrogen and oxygen atoms in total. The minimum atomic E-state index is -0.701. The Bertz CT molecular complexity index is 1090. The summed E-state index contributed by atoms with van der Waals surface area (Å²) in [6, 6.07) is 10.4. The number of rotatable bonds is 5. The molecule has 0 fully saturated rings. The first-order chi connectivity index (χ1) is 13.6. The highest BCUT2D eigenvalue weighted by molar-refractivity contribution is 5.85. The zero-order valence-electron chi connectivity index (χ0n) is 16.9. The Morgan fingerprint density at radius 1 is 1.07 bits per heavy atom. The van der Waals surface area contributed by atoms with Crippen LogP contribution in [0.15, 0.2) is 46.9 Å². The molecule has 29 heavy (non-hydrogen) atoms. The van der Waals surface area contributed by atoms with Gasteiger partial charge in [0.15, 0.2) is 0 Å². The van der Waals surface area contributed by atoms with Gasteiger partial charge in [0.2, 0.25) is 0 Å². The van der Waals surface area contributed by atoms with Crippen LogP contribution in [0, 0.1) is 0 Å². The van der Waals surface area contributed by atoms with Crippen molar-refractivity contribution < 1.29 is 24.5 Å². The van der Waals surface area contributed by atoms with Gasteiger partial charge in [0.1, 0.15) is 34.2 Å². The topological polar surface area (TPSA) is 83.1 Å². The number of phenolic OH excluding ortho intramolecular Hbond substituents is 2. The minimum Gasteiger partial charge on any atom is -0.508 e. The van der Waals surface area contributed by atoms with Gasteiger partial charge in [0, 0.05) is 17.0 Å². The molecule has 1 aliphatic rings. The van der Waals surface area contributed by atoms with Gasteiger partial charge in [-0.3, -0.25) is 0 Å². The summed E-state index contributed by atoms with van der Waals surface area (Å²) < 4.78 is 12.1. The molecule has 0 saturated heterocycles. The summed E-state index contributed by atoms with van der Waals surface area (Å²) in [6.45, 7) is 5.61. The van der Waals surface area contributed by atoms with E-state index in [0.717, 1.165) is 18.2 Å². The zero-order chi connectivity index (χ0) is 20.8. The van der Waals surface area contributed by atoms with Crippen molar-refractivity contribution in [3.8, 4) is 28.6 Å². The van der Waals surface area contributed by atoms with E-state index in [9.17, 15) is 15.3 Å². The molecule has 3 N–H and O–H groups in total. The van der Waals surface area contributed by atoms with Crippen LogP contribution in [0.2, 0.25) is 0 Å². The second kappa shape index (κ2) is 6.85. The van der Waals surface area contributed by atoms with E-state index >= 15 is 0 Å². The number of fused-ring (bicyclic) bond motifs is 2. The molecule has 0 aliphatic carbocycles. The fraction of sp³-hybridized carbons (Fsp3) is 0.333. The maximum Gasteiger partial charge on any atom is 0.138 e. The van der Waals surface area contributed by atoms with Crippen LogP contribution in [0.4, 0.5) is 0 Å². The molecule has 0 bridgehead atoms. The number of benzene rings is 2. The van der Waals surface area contributed by atoms with Gasteiger partial charge in [-0.15, -0.1) is 0 Å². The maximum absolute atomic E-state index is 10.5. The molecule has 0 amide bonds. The van der Waals surface area contributed by atoms with Gasteiger partial charge < -0.3 is 24.5 Å². The fourth-order valence-corrected chi connectivity index (χ4v) is 3.72. The van der Waals surface area contributed by atoms with Gasteiger partial charge >= 0.3 is 0 Å². The van der Waals surface area contributed by atoms with E-state index in [-0.39, 0.29) is 11.5 Å². The molecule has 2 heterocycles. The Hall–Kier alpha value is -2.92. The maximum atomic E-state index is 10.5. The van der Waals surface area contributed by atoms with Crippen LogP contribution in [0.1, 0.15) is 45.6 Å². The molecule has 4 rings (SSSR count). The number of ether oxygens (including phenoxy) is 1. The molecule has 0 radical (unpaired) electrons. The molecule has 0 spiro atoms. The van der Waals surface area contributed by atoms with Crippen LogP contribution in [-0.4, -0.2) is 26.5 Å². The van der Waals surface area contributed by atoms with Crippen molar-refractivity contribution in [3.05, 3.63) is 48.0 Å². The monoisotopic (exact) mass is 394 g/mol. The second-order valence-electron chi connectivity index (χ2n) is 8.65. The number of hydrogen-bond donors (Lipinski definition) is 3. The molecule has 1 unspecified atom stereocenters. The Labute approximate surface area is 169 Å². The Kier molecular flexibility index (Phi) is 4.58. The first-order valence-corrected chi connectivity index (χ1v) is 9.83. The Balaban J connectivity index is 1.63. The summed E-state index contributed by atoms with van der Waals surface area (Å²) in [4.78, 5) is 0. The number of aromatic hydroxyl groups is 2. The van der Waals surface area contributed by atoms with Crippen molar-refractivity contribution in [3.63, 3.8) is 0 Å². The largest absolute Gasteiger partial charge is 0.508 e. The van der Waals surface area contributed by atoms with E-state index in [4.69, 9.17) is 9.15 Å². The van der Waals surface area contributed by atoms with Crippen LogP contribution in [0.3, 0.4) is 0 Å². The lowest BCUT2D eigenvalue weighted by Gasteiger charge is -2.33. The summed E-state index contributed by atoms with van der Waals surface area (Å²) in [5.41, 5.74) is 0.708. The van der Waals surface area contributed by atoms with Crippen molar-refractivity contribution in [2.75, 3.05) is 0 Å². The summed E-state index contributed by atoms with van der Waals surface area (Å²) in [5.74, 6) is 1.44. The van der Waals surface area contributed by atoms with Gasteiger partial charge in [-0.05, 0) is 82.5 Å². The van der Waals surface area contributed by atoms with Gasteiger partial charge in [0.05, 0.1) is 11.2 Å². The summed E-state index contributed by atoms with van der Waals surface area (Å²) in [7, 11) is 0. The van der Waals surface area contributed by atoms with Crippen molar-refractivity contribution in [1.29, 1.82) is 0 Å². The van der Waals surface area contributed by atoms with Crippen LogP contribution in [-0.2, 0) is 0 Å². The molecule has 1 atom stereocenters. The van der Waals surface area contributed by atoms with Crippen LogP contribution >= 0.6 is 0 Å². The van der Waals surface area contributed by atoms with Crippen molar-refractivity contribution in [2.24, 2.45) is 0 Å². The minimum absolute atomic E-state index is 0.121. The molecule has 152 valence electrons. The third kappa shape index (κ3) is 4.10. The number of hydrogen-bond acceptors (Lipinski definition) is 5. The van der Waals surface area contributed by atoms with E-state index in [0.29, 0.717) is 34.6 Å². The third-order valence-corrected chi connectivity index (χ3v) is 5.32. The Morgan fingerprint density at radius 3 is 2.62 bits per heavy atom. The molecular weight excluding hydrogens is 368 g/mol. The summed E-state index contributed by atoms with van der Waals surface area (Å²) in [6.07, 6.45) is 6.10. The average Bonchev–Trinajstić information content (AvgIpc) is 3.03. The molecule has 1 aliphatic heterocycles. The molecule has 1 aromatic heterocycles. The first-order valence-electron chi connectivity index (χ1n) is 9.83. The standard InChI is InChI=1S/C24H26O5/c1-23(2,27)8-4-9-24(3)10-7-18-19(26)11-16(13-22(18)29-24)20-12-15-5-6-17(25)14-21(15)28-20/h5-7,10-14,25-27H,4,8-9H2,1-3H3. The molecule has 0 saturated carbocycles. The molecular formula is C24H26O5. The van der Waals surface area contributed by atoms with Crippen molar-refractivity contribution >= 4 is 17.0 Å². The summed E-state index contributed by atoms with van der Waals surface area (Å²) in [5, 5.41) is 31.0. The number of aliphatic hydroxyl groups is 1. The van der Waals surface area contributed by atoms with Crippen molar-refractivity contribution in [1.82, 2.24) is 0 Å². The zero-order valence-corrected chi connectivity index (χ0v) is 16.9. The van der Waals surface area contributed by atoms with Crippen LogP contribution < -0.4 is 4.74 Å². The predicted octanol–water partition coefficient (Wildman–Crippen LogP) is 5.62. The fourth-order valence-electron chi connectivity index (χ4n) is 3.72. The Morgan fingerprint density at radius 2 is 1.86 bits per heavy atom. The average molecular weight is 394 g/mol. The lowest BCUT2D eigenvalue weighted by molar-refractivity contribution is 0.0576. The predicted molar refractivity (Wildman–Crippen MR) is 113 cm³/mol. The van der Waals surface area contributed by atoms with E-state index in [1.54, 1.807) is 38.1 Å². The highest BCUT2D eigenvalue weighted by Gasteiger charge is 2.29. The smallest absolute Gasteiger partial charge is 0.138 e. The summed E-state index contributed by atoms with van der Waals surface area (Å²) >= 11 is 0.